The van der Waals surface area contributed by atoms with Crippen LogP contribution in [-0.4, -0.2) is 29.3 Å². The van der Waals surface area contributed by atoms with Gasteiger partial charge in [0.05, 0.1) is 6.07 Å². The third kappa shape index (κ3) is 3.24. The Balaban J connectivity index is 4.05. The summed E-state index contributed by atoms with van der Waals surface area (Å²) in [4.78, 5) is 12.5. The van der Waals surface area contributed by atoms with Crippen LogP contribution in [0.3, 0.4) is 0 Å². The van der Waals surface area contributed by atoms with E-state index in [1.54, 1.807) is 6.92 Å². The lowest BCUT2D eigenvalue weighted by atomic mass is 10.4. The molecular weight excluding hydrogens is 164 g/mol. The lowest BCUT2D eigenvalue weighted by Gasteiger charge is -2.17. The van der Waals surface area contributed by atoms with Crippen LogP contribution < -0.4 is 0 Å². The molecule has 0 radical (unpaired) electrons. The van der Waals surface area contributed by atoms with Gasteiger partial charge in [0.15, 0.2) is 0 Å². The van der Waals surface area contributed by atoms with E-state index < -0.39 is 5.38 Å². The van der Waals surface area contributed by atoms with Crippen molar-refractivity contribution in [3.05, 3.63) is 0 Å². The van der Waals surface area contributed by atoms with E-state index in [4.69, 9.17) is 16.9 Å². The third-order valence-corrected chi connectivity index (χ3v) is 1.48. The van der Waals surface area contributed by atoms with Crippen molar-refractivity contribution in [1.82, 2.24) is 4.90 Å². The molecule has 1 unspecified atom stereocenters. The number of alkyl halides is 1. The van der Waals surface area contributed by atoms with Crippen molar-refractivity contribution in [2.24, 2.45) is 0 Å². The maximum absolute atomic E-state index is 11.1. The highest BCUT2D eigenvalue weighted by Gasteiger charge is 2.15. The summed E-state index contributed by atoms with van der Waals surface area (Å²) in [7, 11) is 0. The van der Waals surface area contributed by atoms with Crippen LogP contribution in [0, 0.1) is 11.3 Å². The van der Waals surface area contributed by atoms with Gasteiger partial charge in [-0.3, -0.25) is 4.79 Å². The van der Waals surface area contributed by atoms with Gasteiger partial charge in [0.25, 0.3) is 0 Å². The number of rotatable bonds is 3. The molecular formula is C7H11ClN2O. The standard InChI is InChI=1S/C7H11ClN2O/c1-3-10(5-4-9)7(11)6(2)8/h6H,3,5H2,1-2H3. The van der Waals surface area contributed by atoms with Crippen LogP contribution in [0.5, 0.6) is 0 Å². The number of amides is 1. The fourth-order valence-electron chi connectivity index (χ4n) is 0.682. The first kappa shape index (κ1) is 10.2. The van der Waals surface area contributed by atoms with Gasteiger partial charge in [-0.05, 0) is 13.8 Å². The van der Waals surface area contributed by atoms with Crippen molar-refractivity contribution in [3.63, 3.8) is 0 Å². The molecule has 1 atom stereocenters. The Labute approximate surface area is 71.5 Å². The molecule has 11 heavy (non-hydrogen) atoms. The fraction of sp³-hybridized carbons (Fsp3) is 0.714. The zero-order chi connectivity index (χ0) is 8.85. The van der Waals surface area contributed by atoms with Crippen LogP contribution in [0.4, 0.5) is 0 Å². The van der Waals surface area contributed by atoms with Crippen LogP contribution >= 0.6 is 11.6 Å². The molecule has 0 N–H and O–H groups in total. The second kappa shape index (κ2) is 4.97. The van der Waals surface area contributed by atoms with Crippen LogP contribution in [0.25, 0.3) is 0 Å². The monoisotopic (exact) mass is 174 g/mol. The van der Waals surface area contributed by atoms with Crippen molar-refractivity contribution in [3.8, 4) is 6.07 Å². The summed E-state index contributed by atoms with van der Waals surface area (Å²) in [5, 5.41) is 7.77. The van der Waals surface area contributed by atoms with Crippen molar-refractivity contribution >= 4 is 17.5 Å². The second-order valence-corrected chi connectivity index (χ2v) is 2.78. The lowest BCUT2D eigenvalue weighted by Crippen LogP contribution is -2.35. The van der Waals surface area contributed by atoms with Gasteiger partial charge in [0.2, 0.25) is 5.91 Å². The lowest BCUT2D eigenvalue weighted by molar-refractivity contribution is -0.129. The Hall–Kier alpha value is -0.750. The summed E-state index contributed by atoms with van der Waals surface area (Å²) >= 11 is 5.54. The number of hydrogen-bond acceptors (Lipinski definition) is 2. The molecule has 0 bridgehead atoms. The summed E-state index contributed by atoms with van der Waals surface area (Å²) in [5.74, 6) is -0.185. The predicted molar refractivity (Wildman–Crippen MR) is 43.2 cm³/mol. The van der Waals surface area contributed by atoms with Crippen LogP contribution in [0.1, 0.15) is 13.8 Å². The van der Waals surface area contributed by atoms with Crippen molar-refractivity contribution in [2.75, 3.05) is 13.1 Å². The Morgan fingerprint density at radius 1 is 1.82 bits per heavy atom. The van der Waals surface area contributed by atoms with E-state index in [9.17, 15) is 4.79 Å². The molecule has 0 saturated heterocycles. The molecule has 0 spiro atoms. The van der Waals surface area contributed by atoms with Crippen molar-refractivity contribution < 1.29 is 4.79 Å². The minimum absolute atomic E-state index is 0.117. The molecule has 3 nitrogen and oxygen atoms in total. The SMILES string of the molecule is CCN(CC#N)C(=O)C(C)Cl. The topological polar surface area (TPSA) is 44.1 Å². The number of carbonyl (C=O) groups excluding carboxylic acids is 1. The van der Waals surface area contributed by atoms with Gasteiger partial charge >= 0.3 is 0 Å². The zero-order valence-corrected chi connectivity index (χ0v) is 7.43. The molecule has 62 valence electrons. The summed E-state index contributed by atoms with van der Waals surface area (Å²) in [6.45, 7) is 4.06. The maximum Gasteiger partial charge on any atom is 0.241 e. The highest BCUT2D eigenvalue weighted by molar-refractivity contribution is 6.30. The molecule has 1 amide bonds. The quantitative estimate of drug-likeness (QED) is 0.473. The summed E-state index contributed by atoms with van der Waals surface area (Å²) < 4.78 is 0. The number of carbonyl (C=O) groups is 1. The second-order valence-electron chi connectivity index (χ2n) is 2.13. The van der Waals surface area contributed by atoms with Gasteiger partial charge in [-0.2, -0.15) is 5.26 Å². The Kier molecular flexibility index (Phi) is 4.64. The number of halogens is 1. The summed E-state index contributed by atoms with van der Waals surface area (Å²) in [6, 6.07) is 1.90. The van der Waals surface area contributed by atoms with Crippen LogP contribution in [0.2, 0.25) is 0 Å². The zero-order valence-electron chi connectivity index (χ0n) is 6.67. The van der Waals surface area contributed by atoms with Crippen molar-refractivity contribution in [2.45, 2.75) is 19.2 Å². The van der Waals surface area contributed by atoms with Crippen LogP contribution in [0.15, 0.2) is 0 Å². The molecule has 0 aromatic carbocycles. The molecule has 0 aromatic rings. The predicted octanol–water partition coefficient (Wildman–Crippen LogP) is 0.986. The molecule has 0 aliphatic rings. The van der Waals surface area contributed by atoms with Gasteiger partial charge in [-0.25, -0.2) is 0 Å². The van der Waals surface area contributed by atoms with E-state index in [1.165, 1.54) is 4.90 Å². The first-order valence-electron chi connectivity index (χ1n) is 3.43. The fourth-order valence-corrected chi connectivity index (χ4v) is 0.821. The summed E-state index contributed by atoms with van der Waals surface area (Å²) in [6.07, 6.45) is 0. The normalized spacial score (nSPS) is 11.8. The molecule has 0 rings (SSSR count). The molecule has 0 aromatic heterocycles. The van der Waals surface area contributed by atoms with Gasteiger partial charge in [-0.15, -0.1) is 11.6 Å². The Bertz CT molecular complexity index is 174. The Morgan fingerprint density at radius 3 is 2.64 bits per heavy atom. The van der Waals surface area contributed by atoms with Gasteiger partial charge < -0.3 is 4.90 Å². The molecule has 0 fully saturated rings. The molecule has 4 heteroatoms. The number of hydrogen-bond donors (Lipinski definition) is 0. The largest absolute Gasteiger partial charge is 0.328 e. The van der Waals surface area contributed by atoms with E-state index in [0.717, 1.165) is 0 Å². The molecule has 0 heterocycles. The van der Waals surface area contributed by atoms with Gasteiger partial charge in [0, 0.05) is 6.54 Å². The average molecular weight is 175 g/mol. The summed E-state index contributed by atoms with van der Waals surface area (Å²) in [5.41, 5.74) is 0. The van der Waals surface area contributed by atoms with E-state index >= 15 is 0 Å². The highest BCUT2D eigenvalue weighted by Crippen LogP contribution is 2.00. The molecule has 0 aliphatic carbocycles. The van der Waals surface area contributed by atoms with E-state index in [0.29, 0.717) is 6.54 Å². The van der Waals surface area contributed by atoms with Crippen molar-refractivity contribution in [1.29, 1.82) is 5.26 Å². The van der Waals surface area contributed by atoms with Gasteiger partial charge in [-0.1, -0.05) is 0 Å². The molecule has 0 aliphatic heterocycles. The minimum atomic E-state index is -0.539. The van der Waals surface area contributed by atoms with E-state index in [1.807, 2.05) is 13.0 Å². The first-order valence-corrected chi connectivity index (χ1v) is 3.87. The number of nitrogens with zero attached hydrogens (tertiary/aromatic N) is 2. The van der Waals surface area contributed by atoms with Crippen LogP contribution in [-0.2, 0) is 4.79 Å². The third-order valence-electron chi connectivity index (χ3n) is 1.30. The van der Waals surface area contributed by atoms with E-state index in [-0.39, 0.29) is 12.5 Å². The maximum atomic E-state index is 11.1. The van der Waals surface area contributed by atoms with E-state index in [2.05, 4.69) is 0 Å². The molecule has 0 saturated carbocycles. The first-order chi connectivity index (χ1) is 5.13. The minimum Gasteiger partial charge on any atom is -0.328 e. The number of nitriles is 1. The van der Waals surface area contributed by atoms with Gasteiger partial charge in [0.1, 0.15) is 11.9 Å². The Morgan fingerprint density at radius 2 is 2.36 bits per heavy atom. The highest BCUT2D eigenvalue weighted by atomic mass is 35.5. The average Bonchev–Trinajstić information content (AvgIpc) is 1.98. The smallest absolute Gasteiger partial charge is 0.241 e.